The van der Waals surface area contributed by atoms with E-state index in [1.165, 1.54) is 0 Å². The van der Waals surface area contributed by atoms with Crippen molar-refractivity contribution in [1.82, 2.24) is 5.16 Å². The van der Waals surface area contributed by atoms with Gasteiger partial charge in [0.1, 0.15) is 11.5 Å². The summed E-state index contributed by atoms with van der Waals surface area (Å²) in [6, 6.07) is 12.6. The molecule has 2 saturated heterocycles. The van der Waals surface area contributed by atoms with E-state index in [9.17, 15) is 9.90 Å². The minimum atomic E-state index is -0.914. The van der Waals surface area contributed by atoms with Gasteiger partial charge in [-0.2, -0.15) is 0 Å². The molecule has 0 spiro atoms. The maximum absolute atomic E-state index is 11.2. The summed E-state index contributed by atoms with van der Waals surface area (Å²) < 4.78 is 12.3. The lowest BCUT2D eigenvalue weighted by molar-refractivity contribution is -0.173. The molecule has 7 heteroatoms. The Balaban J connectivity index is 1.28. The predicted octanol–water partition coefficient (Wildman–Crippen LogP) is 7.72. The number of halogens is 2. The van der Waals surface area contributed by atoms with Gasteiger partial charge in [-0.3, -0.25) is 0 Å². The largest absolute Gasteiger partial charge is 0.478 e. The highest BCUT2D eigenvalue weighted by molar-refractivity contribution is 6.39. The maximum atomic E-state index is 11.2. The third kappa shape index (κ3) is 4.00. The Hall–Kier alpha value is -2.60. The first-order valence-corrected chi connectivity index (χ1v) is 12.8. The lowest BCUT2D eigenvalue weighted by atomic mass is 9.64. The Bertz CT molecular complexity index is 1280. The number of aromatic carboxylic acids is 1. The monoisotopic (exact) mass is 509 g/mol. The molecule has 180 valence electrons. The van der Waals surface area contributed by atoms with Gasteiger partial charge < -0.3 is 14.4 Å². The molecular formula is C28H25Cl2NO4. The van der Waals surface area contributed by atoms with E-state index >= 15 is 0 Å². The van der Waals surface area contributed by atoms with Gasteiger partial charge in [-0.1, -0.05) is 58.7 Å². The summed E-state index contributed by atoms with van der Waals surface area (Å²) in [5, 5.41) is 14.7. The topological polar surface area (TPSA) is 72.6 Å². The molecule has 4 aliphatic rings. The van der Waals surface area contributed by atoms with Crippen LogP contribution in [0.2, 0.25) is 10.0 Å². The fourth-order valence-corrected chi connectivity index (χ4v) is 6.08. The van der Waals surface area contributed by atoms with E-state index in [0.29, 0.717) is 39.4 Å². The van der Waals surface area contributed by atoms with Crippen LogP contribution in [0.25, 0.3) is 17.3 Å². The van der Waals surface area contributed by atoms with Crippen molar-refractivity contribution in [3.63, 3.8) is 0 Å². The lowest BCUT2D eigenvalue weighted by Crippen LogP contribution is -2.48. The summed E-state index contributed by atoms with van der Waals surface area (Å²) in [6.45, 7) is 0.621. The highest BCUT2D eigenvalue weighted by Crippen LogP contribution is 2.55. The van der Waals surface area contributed by atoms with Crippen molar-refractivity contribution < 1.29 is 19.2 Å². The zero-order valence-electron chi connectivity index (χ0n) is 19.1. The van der Waals surface area contributed by atoms with Crippen LogP contribution in [0.15, 0.2) is 53.1 Å². The third-order valence-corrected chi connectivity index (χ3v) is 8.48. The van der Waals surface area contributed by atoms with E-state index in [0.717, 1.165) is 55.4 Å². The van der Waals surface area contributed by atoms with Crippen molar-refractivity contribution in [2.24, 2.45) is 5.41 Å². The standard InChI is InChI=1S/C28H25Cl2NO4/c29-21-2-1-3-22(30)23(21)24-20(25(35-31-24)17-4-5-17)10-11-27-12-14-28(15-13-27,34-16-27)19-8-6-18(7-9-19)26(32)33/h1-3,6-11,17H,4-5,12-16H2,(H,32,33). The normalized spacial score (nSPS) is 25.9. The highest BCUT2D eigenvalue weighted by atomic mass is 35.5. The number of aromatic nitrogens is 1. The second-order valence-corrected chi connectivity index (χ2v) is 10.9. The van der Waals surface area contributed by atoms with E-state index < -0.39 is 5.97 Å². The molecule has 2 saturated carbocycles. The quantitative estimate of drug-likeness (QED) is 0.368. The summed E-state index contributed by atoms with van der Waals surface area (Å²) in [6.07, 6.45) is 10.4. The zero-order valence-corrected chi connectivity index (χ0v) is 20.6. The molecule has 0 atom stereocenters. The average Bonchev–Trinajstić information content (AvgIpc) is 3.64. The Labute approximate surface area is 213 Å². The first-order valence-electron chi connectivity index (χ1n) is 12.0. The minimum Gasteiger partial charge on any atom is -0.478 e. The number of rotatable bonds is 6. The Morgan fingerprint density at radius 2 is 1.71 bits per heavy atom. The summed E-state index contributed by atoms with van der Waals surface area (Å²) in [4.78, 5) is 11.2. The molecule has 2 bridgehead atoms. The summed E-state index contributed by atoms with van der Waals surface area (Å²) in [5.41, 5.74) is 3.32. The smallest absolute Gasteiger partial charge is 0.335 e. The van der Waals surface area contributed by atoms with Crippen molar-refractivity contribution in [2.75, 3.05) is 6.61 Å². The van der Waals surface area contributed by atoms with Crippen LogP contribution in [0, 0.1) is 5.41 Å². The van der Waals surface area contributed by atoms with E-state index in [-0.39, 0.29) is 11.0 Å². The van der Waals surface area contributed by atoms with Crippen molar-refractivity contribution in [3.05, 3.63) is 81.0 Å². The van der Waals surface area contributed by atoms with Gasteiger partial charge in [-0.25, -0.2) is 4.79 Å². The van der Waals surface area contributed by atoms with Crippen LogP contribution in [0.5, 0.6) is 0 Å². The maximum Gasteiger partial charge on any atom is 0.335 e. The SMILES string of the molecule is O=C(O)c1ccc(C23CCC(C=Cc4c(-c5c(Cl)cccc5Cl)noc4C4CC4)(CC2)CO3)cc1. The summed E-state index contributed by atoms with van der Waals surface area (Å²) in [7, 11) is 0. The van der Waals surface area contributed by atoms with Crippen LogP contribution in [0.3, 0.4) is 0 Å². The first kappa shape index (κ1) is 22.8. The van der Waals surface area contributed by atoms with Gasteiger partial charge in [0.05, 0.1) is 27.8 Å². The predicted molar refractivity (Wildman–Crippen MR) is 135 cm³/mol. The number of carboxylic acid groups (broad SMARTS) is 1. The number of nitrogens with zero attached hydrogens (tertiary/aromatic N) is 1. The second kappa shape index (κ2) is 8.51. The van der Waals surface area contributed by atoms with E-state index in [2.05, 4.69) is 17.3 Å². The van der Waals surface area contributed by atoms with Crippen LogP contribution >= 0.6 is 23.2 Å². The second-order valence-electron chi connectivity index (χ2n) is 10.0. The molecule has 4 fully saturated rings. The van der Waals surface area contributed by atoms with Gasteiger partial charge in [0.25, 0.3) is 0 Å². The molecule has 3 aromatic rings. The Morgan fingerprint density at radius 1 is 1.03 bits per heavy atom. The molecule has 2 aliphatic heterocycles. The molecule has 5 nitrogen and oxygen atoms in total. The van der Waals surface area contributed by atoms with E-state index in [1.54, 1.807) is 12.1 Å². The van der Waals surface area contributed by atoms with Crippen LogP contribution in [0.1, 0.15) is 71.7 Å². The summed E-state index contributed by atoms with van der Waals surface area (Å²) in [5.74, 6) is 0.386. The van der Waals surface area contributed by atoms with Gasteiger partial charge in [-0.15, -0.1) is 0 Å². The van der Waals surface area contributed by atoms with Crippen molar-refractivity contribution >= 4 is 35.2 Å². The number of ether oxygens (including phenoxy) is 1. The van der Waals surface area contributed by atoms with Gasteiger partial charge in [0.2, 0.25) is 0 Å². The fourth-order valence-electron chi connectivity index (χ4n) is 5.50. The number of hydrogen-bond donors (Lipinski definition) is 1. The number of hydrogen-bond acceptors (Lipinski definition) is 4. The molecule has 1 aromatic heterocycles. The van der Waals surface area contributed by atoms with Crippen LogP contribution in [0.4, 0.5) is 0 Å². The van der Waals surface area contributed by atoms with Gasteiger partial charge in [0, 0.05) is 22.5 Å². The van der Waals surface area contributed by atoms with Crippen LogP contribution in [-0.4, -0.2) is 22.8 Å². The fraction of sp³-hybridized carbons (Fsp3) is 0.357. The average molecular weight is 510 g/mol. The van der Waals surface area contributed by atoms with Crippen LogP contribution < -0.4 is 0 Å². The van der Waals surface area contributed by atoms with Crippen LogP contribution in [-0.2, 0) is 10.3 Å². The molecule has 2 aromatic carbocycles. The number of fused-ring (bicyclic) bond motifs is 3. The van der Waals surface area contributed by atoms with E-state index in [4.69, 9.17) is 32.5 Å². The van der Waals surface area contributed by atoms with Crippen molar-refractivity contribution in [2.45, 2.75) is 50.0 Å². The lowest BCUT2D eigenvalue weighted by Gasteiger charge is -2.52. The molecule has 0 radical (unpaired) electrons. The molecular weight excluding hydrogens is 485 g/mol. The Kier molecular flexibility index (Phi) is 5.55. The number of carboxylic acids is 1. The molecule has 0 amide bonds. The number of carbonyl (C=O) groups is 1. The van der Waals surface area contributed by atoms with Gasteiger partial charge in [-0.05, 0) is 68.4 Å². The molecule has 7 rings (SSSR count). The zero-order chi connectivity index (χ0) is 24.2. The van der Waals surface area contributed by atoms with Gasteiger partial charge >= 0.3 is 5.97 Å². The third-order valence-electron chi connectivity index (χ3n) is 7.85. The molecule has 2 aliphatic carbocycles. The molecule has 1 N–H and O–H groups in total. The Morgan fingerprint density at radius 3 is 2.29 bits per heavy atom. The molecule has 0 unspecified atom stereocenters. The van der Waals surface area contributed by atoms with Crippen molar-refractivity contribution in [3.8, 4) is 11.3 Å². The highest BCUT2D eigenvalue weighted by Gasteiger charge is 2.49. The van der Waals surface area contributed by atoms with Gasteiger partial charge in [0.15, 0.2) is 0 Å². The van der Waals surface area contributed by atoms with Crippen molar-refractivity contribution in [1.29, 1.82) is 0 Å². The first-order chi connectivity index (χ1) is 16.9. The molecule has 3 heterocycles. The molecule has 35 heavy (non-hydrogen) atoms. The van der Waals surface area contributed by atoms with E-state index in [1.807, 2.05) is 30.3 Å². The minimum absolute atomic E-state index is 0.0532. The number of benzene rings is 2. The summed E-state index contributed by atoms with van der Waals surface area (Å²) >= 11 is 13.0.